The maximum Gasteiger partial charge on any atom is 0.336 e. The quantitative estimate of drug-likeness (QED) is 0.898. The van der Waals surface area contributed by atoms with Crippen molar-refractivity contribution in [2.24, 2.45) is 0 Å². The Bertz CT molecular complexity index is 584. The number of hydrogen-bond acceptors (Lipinski definition) is 3. The molecule has 124 valence electrons. The SMILES string of the molecule is CC(C)(C)c1ccccc1COS(=O)(=O)NC1CCCCC1. The lowest BCUT2D eigenvalue weighted by molar-refractivity contribution is 0.287. The zero-order valence-corrected chi connectivity index (χ0v) is 14.6. The van der Waals surface area contributed by atoms with Gasteiger partial charge >= 0.3 is 10.3 Å². The number of nitrogens with one attached hydrogen (secondary N) is 1. The van der Waals surface area contributed by atoms with E-state index in [0.29, 0.717) is 0 Å². The van der Waals surface area contributed by atoms with E-state index in [4.69, 9.17) is 4.18 Å². The van der Waals surface area contributed by atoms with Crippen molar-refractivity contribution in [3.05, 3.63) is 35.4 Å². The van der Waals surface area contributed by atoms with E-state index in [-0.39, 0.29) is 18.1 Å². The van der Waals surface area contributed by atoms with E-state index in [1.807, 2.05) is 24.3 Å². The monoisotopic (exact) mass is 325 g/mol. The third-order valence-corrected chi connectivity index (χ3v) is 5.16. The van der Waals surface area contributed by atoms with Crippen LogP contribution >= 0.6 is 0 Å². The average Bonchev–Trinajstić information content (AvgIpc) is 2.45. The van der Waals surface area contributed by atoms with E-state index in [0.717, 1.165) is 36.8 Å². The van der Waals surface area contributed by atoms with Crippen LogP contribution < -0.4 is 4.72 Å². The van der Waals surface area contributed by atoms with Gasteiger partial charge in [0.15, 0.2) is 0 Å². The van der Waals surface area contributed by atoms with Crippen molar-refractivity contribution in [1.29, 1.82) is 0 Å². The molecule has 1 aliphatic rings. The lowest BCUT2D eigenvalue weighted by atomic mass is 9.84. The lowest BCUT2D eigenvalue weighted by Gasteiger charge is -2.24. The highest BCUT2D eigenvalue weighted by Crippen LogP contribution is 2.26. The third-order valence-electron chi connectivity index (χ3n) is 4.11. The van der Waals surface area contributed by atoms with E-state index in [9.17, 15) is 8.42 Å². The molecule has 0 unspecified atom stereocenters. The summed E-state index contributed by atoms with van der Waals surface area (Å²) in [5.41, 5.74) is 1.99. The van der Waals surface area contributed by atoms with Crippen LogP contribution in [0, 0.1) is 0 Å². The molecule has 1 aromatic carbocycles. The van der Waals surface area contributed by atoms with Gasteiger partial charge in [0.2, 0.25) is 0 Å². The van der Waals surface area contributed by atoms with Crippen LogP contribution in [-0.2, 0) is 26.5 Å². The molecule has 0 saturated heterocycles. The molecule has 0 aromatic heterocycles. The van der Waals surface area contributed by atoms with Crippen LogP contribution in [0.1, 0.15) is 64.0 Å². The van der Waals surface area contributed by atoms with Crippen molar-refractivity contribution in [2.45, 2.75) is 70.9 Å². The molecule has 0 atom stereocenters. The van der Waals surface area contributed by atoms with Crippen LogP contribution in [-0.4, -0.2) is 14.5 Å². The largest absolute Gasteiger partial charge is 0.336 e. The van der Waals surface area contributed by atoms with Crippen LogP contribution in [0.15, 0.2) is 24.3 Å². The predicted octanol–water partition coefficient (Wildman–Crippen LogP) is 3.67. The molecule has 2 rings (SSSR count). The molecule has 0 amide bonds. The first-order valence-corrected chi connectivity index (χ1v) is 9.44. The van der Waals surface area contributed by atoms with Gasteiger partial charge in [0.25, 0.3) is 0 Å². The zero-order chi connectivity index (χ0) is 16.2. The molecule has 0 radical (unpaired) electrons. The molecule has 4 nitrogen and oxygen atoms in total. The Hall–Kier alpha value is -0.910. The summed E-state index contributed by atoms with van der Waals surface area (Å²) in [5, 5.41) is 0. The van der Waals surface area contributed by atoms with Crippen LogP contribution in [0.4, 0.5) is 0 Å². The van der Waals surface area contributed by atoms with Crippen molar-refractivity contribution in [3.8, 4) is 0 Å². The first kappa shape index (κ1) is 17.4. The Kier molecular flexibility index (Phi) is 5.64. The smallest absolute Gasteiger partial charge is 0.253 e. The molecule has 0 heterocycles. The minimum absolute atomic E-state index is 0.0246. The van der Waals surface area contributed by atoms with Gasteiger partial charge < -0.3 is 0 Å². The van der Waals surface area contributed by atoms with Crippen molar-refractivity contribution in [1.82, 2.24) is 4.72 Å². The molecule has 5 heteroatoms. The van der Waals surface area contributed by atoms with E-state index in [1.165, 1.54) is 6.42 Å². The summed E-state index contributed by atoms with van der Waals surface area (Å²) in [6.07, 6.45) is 5.17. The highest BCUT2D eigenvalue weighted by Gasteiger charge is 2.22. The summed E-state index contributed by atoms with van der Waals surface area (Å²) in [4.78, 5) is 0. The molecule has 1 N–H and O–H groups in total. The fourth-order valence-corrected chi connectivity index (χ4v) is 3.97. The second kappa shape index (κ2) is 7.11. The predicted molar refractivity (Wildman–Crippen MR) is 88.9 cm³/mol. The molecule has 0 spiro atoms. The summed E-state index contributed by atoms with van der Waals surface area (Å²) in [6, 6.07) is 7.86. The molecular weight excluding hydrogens is 298 g/mol. The Morgan fingerprint density at radius 2 is 1.77 bits per heavy atom. The fraction of sp³-hybridized carbons (Fsp3) is 0.647. The van der Waals surface area contributed by atoms with Gasteiger partial charge in [0.05, 0.1) is 6.61 Å². The van der Waals surface area contributed by atoms with Crippen LogP contribution in [0.25, 0.3) is 0 Å². The third kappa shape index (κ3) is 5.07. The van der Waals surface area contributed by atoms with Gasteiger partial charge in [-0.3, -0.25) is 4.18 Å². The Morgan fingerprint density at radius 1 is 1.14 bits per heavy atom. The maximum absolute atomic E-state index is 12.1. The molecule has 1 saturated carbocycles. The van der Waals surface area contributed by atoms with Gasteiger partial charge in [-0.15, -0.1) is 0 Å². The second-order valence-electron chi connectivity index (χ2n) is 7.08. The summed E-state index contributed by atoms with van der Waals surface area (Å²) in [6.45, 7) is 6.41. The number of hydrogen-bond donors (Lipinski definition) is 1. The molecule has 1 aromatic rings. The first-order valence-electron chi connectivity index (χ1n) is 8.03. The van der Waals surface area contributed by atoms with Gasteiger partial charge in [-0.1, -0.05) is 64.3 Å². The molecule has 22 heavy (non-hydrogen) atoms. The average molecular weight is 325 g/mol. The van der Waals surface area contributed by atoms with Gasteiger partial charge in [-0.05, 0) is 29.4 Å². The van der Waals surface area contributed by atoms with Gasteiger partial charge in [-0.2, -0.15) is 13.1 Å². The lowest BCUT2D eigenvalue weighted by Crippen LogP contribution is -2.37. The maximum atomic E-state index is 12.1. The fourth-order valence-electron chi connectivity index (χ4n) is 2.98. The Labute approximate surface area is 134 Å². The van der Waals surface area contributed by atoms with E-state index < -0.39 is 10.3 Å². The minimum atomic E-state index is -3.69. The van der Waals surface area contributed by atoms with Gasteiger partial charge in [0.1, 0.15) is 0 Å². The summed E-state index contributed by atoms with van der Waals surface area (Å²) in [5.74, 6) is 0. The second-order valence-corrected chi connectivity index (χ2v) is 8.46. The van der Waals surface area contributed by atoms with Gasteiger partial charge in [-0.25, -0.2) is 0 Å². The zero-order valence-electron chi connectivity index (χ0n) is 13.8. The van der Waals surface area contributed by atoms with Gasteiger partial charge in [0, 0.05) is 6.04 Å². The first-order chi connectivity index (χ1) is 10.3. The highest BCUT2D eigenvalue weighted by molar-refractivity contribution is 7.84. The Morgan fingerprint density at radius 3 is 2.41 bits per heavy atom. The minimum Gasteiger partial charge on any atom is -0.253 e. The molecule has 0 aliphatic heterocycles. The summed E-state index contributed by atoms with van der Waals surface area (Å²) < 4.78 is 32.1. The molecular formula is C17H27NO3S. The molecule has 1 aliphatic carbocycles. The van der Waals surface area contributed by atoms with Crippen molar-refractivity contribution in [2.75, 3.05) is 0 Å². The topological polar surface area (TPSA) is 55.4 Å². The van der Waals surface area contributed by atoms with E-state index in [1.54, 1.807) is 0 Å². The Balaban J connectivity index is 2.00. The van der Waals surface area contributed by atoms with Crippen molar-refractivity contribution >= 4 is 10.3 Å². The van der Waals surface area contributed by atoms with E-state index >= 15 is 0 Å². The highest BCUT2D eigenvalue weighted by atomic mass is 32.2. The van der Waals surface area contributed by atoms with Crippen LogP contribution in [0.2, 0.25) is 0 Å². The number of benzene rings is 1. The van der Waals surface area contributed by atoms with E-state index in [2.05, 4.69) is 25.5 Å². The van der Waals surface area contributed by atoms with Crippen LogP contribution in [0.5, 0.6) is 0 Å². The summed E-state index contributed by atoms with van der Waals surface area (Å²) in [7, 11) is -3.69. The molecule has 1 fully saturated rings. The standard InChI is InChI=1S/C17H27NO3S/c1-17(2,3)16-12-8-7-9-14(16)13-21-22(19,20)18-15-10-5-4-6-11-15/h7-9,12,15,18H,4-6,10-11,13H2,1-3H3. The van der Waals surface area contributed by atoms with Crippen LogP contribution in [0.3, 0.4) is 0 Å². The van der Waals surface area contributed by atoms with Crippen molar-refractivity contribution < 1.29 is 12.6 Å². The number of rotatable bonds is 5. The summed E-state index contributed by atoms with van der Waals surface area (Å²) >= 11 is 0. The normalized spacial score (nSPS) is 17.6. The molecule has 0 bridgehead atoms. The van der Waals surface area contributed by atoms with Crippen molar-refractivity contribution in [3.63, 3.8) is 0 Å².